The molecule has 0 aromatic carbocycles. The lowest BCUT2D eigenvalue weighted by molar-refractivity contribution is 0.925. The fraction of sp³-hybridized carbons (Fsp3) is 0.333. The summed E-state index contributed by atoms with van der Waals surface area (Å²) < 4.78 is 0. The van der Waals surface area contributed by atoms with Crippen LogP contribution in [-0.2, 0) is 0 Å². The Labute approximate surface area is 76.8 Å². The van der Waals surface area contributed by atoms with Gasteiger partial charge in [0.1, 0.15) is 11.9 Å². The Morgan fingerprint density at radius 1 is 1.38 bits per heavy atom. The van der Waals surface area contributed by atoms with Crippen molar-refractivity contribution in [2.75, 3.05) is 18.0 Å². The van der Waals surface area contributed by atoms with E-state index in [4.69, 9.17) is 5.26 Å². The predicted octanol–water partition coefficient (Wildman–Crippen LogP) is 0.763. The Kier molecular flexibility index (Phi) is 2.09. The third kappa shape index (κ3) is 1.59. The van der Waals surface area contributed by atoms with E-state index in [1.807, 2.05) is 6.07 Å². The topological polar surface area (TPSA) is 52.8 Å². The van der Waals surface area contributed by atoms with Crippen LogP contribution in [0.15, 0.2) is 12.4 Å². The molecule has 0 saturated carbocycles. The minimum absolute atomic E-state index is 0.368. The average Bonchev–Trinajstić information content (AvgIpc) is 2.71. The number of anilines is 1. The molecule has 4 heteroatoms. The predicted molar refractivity (Wildman–Crippen MR) is 47.9 cm³/mol. The third-order valence-electron chi connectivity index (χ3n) is 2.03. The Bertz CT molecular complexity index is 318. The van der Waals surface area contributed by atoms with Gasteiger partial charge in [-0.3, -0.25) is 0 Å². The molecule has 0 amide bonds. The zero-order valence-electron chi connectivity index (χ0n) is 7.14. The molecule has 0 N–H and O–H groups in total. The molecule has 2 rings (SSSR count). The first-order valence-corrected chi connectivity index (χ1v) is 4.19. The minimum atomic E-state index is 0.368. The Morgan fingerprint density at radius 2 is 2.31 bits per heavy atom. The van der Waals surface area contributed by atoms with E-state index in [0.717, 1.165) is 25.3 Å². The number of nitrogens with zero attached hydrogens (tertiary/aromatic N) is 4. The van der Waals surface area contributed by atoms with E-state index in [2.05, 4.69) is 21.3 Å². The van der Waals surface area contributed by atoms with E-state index < -0.39 is 0 Å². The van der Waals surface area contributed by atoms with E-state index in [-0.39, 0.29) is 0 Å². The van der Waals surface area contributed by atoms with Gasteiger partial charge in [-0.25, -0.2) is 9.97 Å². The third-order valence-corrected chi connectivity index (χ3v) is 2.03. The summed E-state index contributed by atoms with van der Waals surface area (Å²) in [6.45, 7) is 1.93. The van der Waals surface area contributed by atoms with Gasteiger partial charge in [0.25, 0.3) is 0 Å². The molecule has 4 nitrogen and oxygen atoms in total. The summed E-state index contributed by atoms with van der Waals surface area (Å²) in [6.07, 6.45) is 6.47. The summed E-state index contributed by atoms with van der Waals surface area (Å²) in [7, 11) is 0. The maximum absolute atomic E-state index is 8.52. The monoisotopic (exact) mass is 173 g/mol. The highest BCUT2D eigenvalue weighted by atomic mass is 15.2. The standard InChI is InChI=1S/C9H9N4/c10-5-8-6-12-9(7-11-8)13-3-1-2-4-13/h1,6-7H,2-4H2. The van der Waals surface area contributed by atoms with Crippen LogP contribution in [0.4, 0.5) is 5.82 Å². The number of rotatable bonds is 1. The summed E-state index contributed by atoms with van der Waals surface area (Å²) in [5, 5.41) is 8.52. The summed E-state index contributed by atoms with van der Waals surface area (Å²) in [5.41, 5.74) is 0.368. The zero-order chi connectivity index (χ0) is 9.10. The molecule has 0 atom stereocenters. The fourth-order valence-electron chi connectivity index (χ4n) is 1.34. The second-order valence-corrected chi connectivity index (χ2v) is 2.90. The second kappa shape index (κ2) is 3.40. The van der Waals surface area contributed by atoms with Crippen LogP contribution in [0.1, 0.15) is 12.1 Å². The summed E-state index contributed by atoms with van der Waals surface area (Å²) >= 11 is 0. The van der Waals surface area contributed by atoms with Gasteiger partial charge in [0, 0.05) is 13.1 Å². The number of aromatic nitrogens is 2. The molecule has 0 bridgehead atoms. The SMILES string of the molecule is N#Cc1cnc(N2C[CH]CC2)cn1. The highest BCUT2D eigenvalue weighted by Crippen LogP contribution is 2.15. The molecule has 65 valence electrons. The Morgan fingerprint density at radius 3 is 2.85 bits per heavy atom. The fourth-order valence-corrected chi connectivity index (χ4v) is 1.34. The zero-order valence-corrected chi connectivity index (χ0v) is 7.14. The van der Waals surface area contributed by atoms with E-state index in [1.54, 1.807) is 6.20 Å². The molecule has 1 aliphatic heterocycles. The van der Waals surface area contributed by atoms with Gasteiger partial charge in [0.15, 0.2) is 5.69 Å². The van der Waals surface area contributed by atoms with Crippen LogP contribution >= 0.6 is 0 Å². The van der Waals surface area contributed by atoms with E-state index in [1.165, 1.54) is 6.20 Å². The van der Waals surface area contributed by atoms with Crippen LogP contribution in [0.2, 0.25) is 0 Å². The van der Waals surface area contributed by atoms with Gasteiger partial charge < -0.3 is 4.90 Å². The van der Waals surface area contributed by atoms with Gasteiger partial charge in [-0.15, -0.1) is 0 Å². The lowest BCUT2D eigenvalue weighted by Crippen LogP contribution is -2.19. The van der Waals surface area contributed by atoms with Crippen molar-refractivity contribution >= 4 is 5.82 Å². The summed E-state index contributed by atoms with van der Waals surface area (Å²) in [4.78, 5) is 10.2. The highest BCUT2D eigenvalue weighted by Gasteiger charge is 2.13. The van der Waals surface area contributed by atoms with Crippen LogP contribution in [0.5, 0.6) is 0 Å². The first-order valence-electron chi connectivity index (χ1n) is 4.19. The van der Waals surface area contributed by atoms with Gasteiger partial charge in [0.05, 0.1) is 12.4 Å². The summed E-state index contributed by atoms with van der Waals surface area (Å²) in [5.74, 6) is 0.854. The molecule has 1 aliphatic rings. The maximum atomic E-state index is 8.52. The average molecular weight is 173 g/mol. The van der Waals surface area contributed by atoms with Gasteiger partial charge in [0.2, 0.25) is 0 Å². The van der Waals surface area contributed by atoms with Gasteiger partial charge in [-0.1, -0.05) is 0 Å². The largest absolute Gasteiger partial charge is 0.355 e. The van der Waals surface area contributed by atoms with Crippen LogP contribution in [0.25, 0.3) is 0 Å². The van der Waals surface area contributed by atoms with E-state index in [9.17, 15) is 0 Å². The van der Waals surface area contributed by atoms with Crippen molar-refractivity contribution in [3.05, 3.63) is 24.5 Å². The summed E-state index contributed by atoms with van der Waals surface area (Å²) in [6, 6.07) is 1.94. The molecule has 1 aromatic heterocycles. The van der Waals surface area contributed by atoms with Crippen LogP contribution < -0.4 is 4.90 Å². The van der Waals surface area contributed by atoms with Crippen molar-refractivity contribution < 1.29 is 0 Å². The van der Waals surface area contributed by atoms with Gasteiger partial charge in [-0.05, 0) is 12.8 Å². The molecule has 2 heterocycles. The molecule has 0 aliphatic carbocycles. The van der Waals surface area contributed by atoms with E-state index in [0.29, 0.717) is 5.69 Å². The van der Waals surface area contributed by atoms with E-state index >= 15 is 0 Å². The smallest absolute Gasteiger partial charge is 0.158 e. The van der Waals surface area contributed by atoms with Gasteiger partial charge >= 0.3 is 0 Å². The second-order valence-electron chi connectivity index (χ2n) is 2.90. The molecule has 13 heavy (non-hydrogen) atoms. The van der Waals surface area contributed by atoms with Crippen molar-refractivity contribution in [3.63, 3.8) is 0 Å². The number of nitriles is 1. The quantitative estimate of drug-likeness (QED) is 0.629. The molecule has 0 spiro atoms. The van der Waals surface area contributed by atoms with Crippen LogP contribution in [-0.4, -0.2) is 23.1 Å². The molecular weight excluding hydrogens is 164 g/mol. The number of hydrogen-bond acceptors (Lipinski definition) is 4. The molecule has 0 unspecified atom stereocenters. The van der Waals surface area contributed by atoms with Crippen LogP contribution in [0.3, 0.4) is 0 Å². The van der Waals surface area contributed by atoms with Crippen molar-refractivity contribution in [1.82, 2.24) is 9.97 Å². The Hall–Kier alpha value is -1.63. The molecule has 1 aromatic rings. The first kappa shape index (κ1) is 7.99. The van der Waals surface area contributed by atoms with Crippen molar-refractivity contribution in [1.29, 1.82) is 5.26 Å². The van der Waals surface area contributed by atoms with Crippen molar-refractivity contribution in [2.24, 2.45) is 0 Å². The molecule has 1 fully saturated rings. The van der Waals surface area contributed by atoms with Crippen LogP contribution in [0, 0.1) is 17.8 Å². The van der Waals surface area contributed by atoms with Gasteiger partial charge in [-0.2, -0.15) is 5.26 Å². The van der Waals surface area contributed by atoms with Crippen molar-refractivity contribution in [3.8, 4) is 6.07 Å². The minimum Gasteiger partial charge on any atom is -0.355 e. The molecule has 1 radical (unpaired) electrons. The normalized spacial score (nSPS) is 15.8. The lowest BCUT2D eigenvalue weighted by Gasteiger charge is -2.14. The maximum Gasteiger partial charge on any atom is 0.158 e. The molecule has 1 saturated heterocycles. The molecular formula is C9H9N4. The first-order chi connectivity index (χ1) is 6.40. The number of hydrogen-bond donors (Lipinski definition) is 0. The Balaban J connectivity index is 2.18. The highest BCUT2D eigenvalue weighted by molar-refractivity contribution is 5.39. The van der Waals surface area contributed by atoms with Crippen molar-refractivity contribution in [2.45, 2.75) is 6.42 Å². The lowest BCUT2D eigenvalue weighted by atomic mass is 10.4.